The van der Waals surface area contributed by atoms with E-state index in [1.807, 2.05) is 17.0 Å². The molecule has 0 unspecified atom stereocenters. The predicted octanol–water partition coefficient (Wildman–Crippen LogP) is 0.933. The summed E-state index contributed by atoms with van der Waals surface area (Å²) in [5, 5.41) is 10.0. The van der Waals surface area contributed by atoms with Crippen LogP contribution in [0.2, 0.25) is 0 Å². The summed E-state index contributed by atoms with van der Waals surface area (Å²) in [5.41, 5.74) is 0.291. The van der Waals surface area contributed by atoms with Gasteiger partial charge in [-0.1, -0.05) is 26.0 Å². The van der Waals surface area contributed by atoms with Gasteiger partial charge in [0.2, 0.25) is 15.9 Å². The summed E-state index contributed by atoms with van der Waals surface area (Å²) in [4.78, 5) is 28.7. The molecule has 1 saturated heterocycles. The second-order valence-electron chi connectivity index (χ2n) is 7.28. The third kappa shape index (κ3) is 4.91. The SMILES string of the molecule is CCN(CC)S(=O)(=O)c1ccc(=O)n(CC(=O)N2CCN(c3ccccc3O)CC2)c1. The summed E-state index contributed by atoms with van der Waals surface area (Å²) in [7, 11) is -3.72. The van der Waals surface area contributed by atoms with Gasteiger partial charge < -0.3 is 19.5 Å². The molecule has 1 fully saturated rings. The number of phenols is 1. The van der Waals surface area contributed by atoms with Gasteiger partial charge in [-0.25, -0.2) is 8.42 Å². The van der Waals surface area contributed by atoms with Crippen LogP contribution < -0.4 is 10.5 Å². The number of benzene rings is 1. The van der Waals surface area contributed by atoms with Crippen molar-refractivity contribution in [3.63, 3.8) is 0 Å². The predicted molar refractivity (Wildman–Crippen MR) is 118 cm³/mol. The number of hydrogen-bond acceptors (Lipinski definition) is 6. The van der Waals surface area contributed by atoms with Crippen molar-refractivity contribution in [2.24, 2.45) is 0 Å². The third-order valence-electron chi connectivity index (χ3n) is 5.46. The molecule has 0 saturated carbocycles. The summed E-state index contributed by atoms with van der Waals surface area (Å²) < 4.78 is 27.9. The zero-order valence-corrected chi connectivity index (χ0v) is 18.6. The number of carbonyl (C=O) groups excluding carboxylic acids is 1. The maximum absolute atomic E-state index is 12.8. The van der Waals surface area contributed by atoms with Crippen LogP contribution >= 0.6 is 0 Å². The smallest absolute Gasteiger partial charge is 0.251 e. The van der Waals surface area contributed by atoms with Crippen molar-refractivity contribution in [3.05, 3.63) is 52.9 Å². The van der Waals surface area contributed by atoms with Crippen LogP contribution in [0.1, 0.15) is 13.8 Å². The summed E-state index contributed by atoms with van der Waals surface area (Å²) in [6.45, 7) is 5.89. The molecule has 10 heteroatoms. The average Bonchev–Trinajstić information content (AvgIpc) is 2.76. The van der Waals surface area contributed by atoms with Crippen LogP contribution in [0.4, 0.5) is 5.69 Å². The molecule has 1 aliphatic heterocycles. The third-order valence-corrected chi connectivity index (χ3v) is 7.49. The molecule has 168 valence electrons. The molecule has 1 aromatic carbocycles. The zero-order valence-electron chi connectivity index (χ0n) is 17.8. The molecule has 1 N–H and O–H groups in total. The Hall–Kier alpha value is -2.85. The first-order valence-electron chi connectivity index (χ1n) is 10.3. The molecular weight excluding hydrogens is 420 g/mol. The van der Waals surface area contributed by atoms with E-state index in [1.54, 1.807) is 30.9 Å². The molecule has 0 radical (unpaired) electrons. The van der Waals surface area contributed by atoms with E-state index in [0.29, 0.717) is 39.3 Å². The number of para-hydroxylation sites is 2. The maximum atomic E-state index is 12.8. The quantitative estimate of drug-likeness (QED) is 0.676. The van der Waals surface area contributed by atoms with Gasteiger partial charge in [0.05, 0.1) is 10.6 Å². The Morgan fingerprint density at radius 1 is 1.03 bits per heavy atom. The van der Waals surface area contributed by atoms with Crippen molar-refractivity contribution in [3.8, 4) is 5.75 Å². The highest BCUT2D eigenvalue weighted by molar-refractivity contribution is 7.89. The van der Waals surface area contributed by atoms with Crippen LogP contribution in [0.25, 0.3) is 0 Å². The minimum atomic E-state index is -3.72. The summed E-state index contributed by atoms with van der Waals surface area (Å²) >= 11 is 0. The second kappa shape index (κ2) is 9.52. The number of pyridine rings is 1. The van der Waals surface area contributed by atoms with Crippen LogP contribution in [-0.4, -0.2) is 72.5 Å². The highest BCUT2D eigenvalue weighted by Gasteiger charge is 2.25. The molecule has 0 atom stereocenters. The van der Waals surface area contributed by atoms with Crippen LogP contribution in [-0.2, 0) is 21.4 Å². The molecule has 0 bridgehead atoms. The fourth-order valence-corrected chi connectivity index (χ4v) is 5.15. The van der Waals surface area contributed by atoms with Crippen LogP contribution in [0, 0.1) is 0 Å². The number of aromatic hydroxyl groups is 1. The highest BCUT2D eigenvalue weighted by Crippen LogP contribution is 2.27. The number of sulfonamides is 1. The number of piperazine rings is 1. The Balaban J connectivity index is 1.70. The first-order chi connectivity index (χ1) is 14.8. The molecule has 9 nitrogen and oxygen atoms in total. The van der Waals surface area contributed by atoms with Gasteiger partial charge in [0.1, 0.15) is 12.3 Å². The number of aromatic nitrogens is 1. The van der Waals surface area contributed by atoms with Crippen LogP contribution in [0.5, 0.6) is 5.75 Å². The molecule has 0 aliphatic carbocycles. The number of rotatable bonds is 7. The molecule has 1 aromatic heterocycles. The van der Waals surface area contributed by atoms with E-state index >= 15 is 0 Å². The van der Waals surface area contributed by atoms with E-state index in [2.05, 4.69) is 0 Å². The Bertz CT molecular complexity index is 1090. The fraction of sp³-hybridized carbons (Fsp3) is 0.429. The number of anilines is 1. The zero-order chi connectivity index (χ0) is 22.6. The van der Waals surface area contributed by atoms with E-state index in [4.69, 9.17) is 0 Å². The lowest BCUT2D eigenvalue weighted by Crippen LogP contribution is -2.50. The summed E-state index contributed by atoms with van der Waals surface area (Å²) in [6.07, 6.45) is 1.24. The van der Waals surface area contributed by atoms with E-state index in [9.17, 15) is 23.1 Å². The van der Waals surface area contributed by atoms with Crippen molar-refractivity contribution in [1.29, 1.82) is 0 Å². The standard InChI is InChI=1S/C21H28N4O5S/c1-3-25(4-2)31(29,30)17-9-10-20(27)24(15-17)16-21(28)23-13-11-22(12-14-23)18-7-5-6-8-19(18)26/h5-10,15,26H,3-4,11-14,16H2,1-2H3. The number of phenolic OH excluding ortho intramolecular Hbond substituents is 1. The van der Waals surface area contributed by atoms with E-state index in [1.165, 1.54) is 22.6 Å². The first-order valence-corrected chi connectivity index (χ1v) is 11.7. The van der Waals surface area contributed by atoms with Gasteiger partial charge in [-0.15, -0.1) is 0 Å². The van der Waals surface area contributed by atoms with Crippen molar-refractivity contribution in [2.75, 3.05) is 44.2 Å². The Kier molecular flexibility index (Phi) is 7.01. The van der Waals surface area contributed by atoms with Crippen LogP contribution in [0.15, 0.2) is 52.3 Å². The van der Waals surface area contributed by atoms with Gasteiger partial charge >= 0.3 is 0 Å². The first kappa shape index (κ1) is 22.8. The van der Waals surface area contributed by atoms with Crippen molar-refractivity contribution < 1.29 is 18.3 Å². The number of hydrogen-bond donors (Lipinski definition) is 1. The van der Waals surface area contributed by atoms with E-state index in [-0.39, 0.29) is 23.1 Å². The lowest BCUT2D eigenvalue weighted by Gasteiger charge is -2.36. The molecule has 1 amide bonds. The summed E-state index contributed by atoms with van der Waals surface area (Å²) in [6, 6.07) is 9.51. The van der Waals surface area contributed by atoms with Gasteiger partial charge in [0, 0.05) is 51.5 Å². The second-order valence-corrected chi connectivity index (χ2v) is 9.21. The number of nitrogens with zero attached hydrogens (tertiary/aromatic N) is 4. The number of carbonyl (C=O) groups is 1. The summed E-state index contributed by atoms with van der Waals surface area (Å²) in [5.74, 6) is -0.0588. The fourth-order valence-electron chi connectivity index (χ4n) is 3.67. The van der Waals surface area contributed by atoms with Gasteiger partial charge in [-0.05, 0) is 18.2 Å². The molecule has 2 aromatic rings. The molecule has 2 heterocycles. The van der Waals surface area contributed by atoms with Crippen molar-refractivity contribution in [1.82, 2.24) is 13.8 Å². The molecular formula is C21H28N4O5S. The Labute approximate surface area is 182 Å². The van der Waals surface area contributed by atoms with Gasteiger partial charge in [0.15, 0.2) is 0 Å². The van der Waals surface area contributed by atoms with Crippen LogP contribution in [0.3, 0.4) is 0 Å². The molecule has 3 rings (SSSR count). The molecule has 1 aliphatic rings. The lowest BCUT2D eigenvalue weighted by molar-refractivity contribution is -0.132. The lowest BCUT2D eigenvalue weighted by atomic mass is 10.2. The van der Waals surface area contributed by atoms with E-state index < -0.39 is 15.6 Å². The molecule has 31 heavy (non-hydrogen) atoms. The Morgan fingerprint density at radius 3 is 2.29 bits per heavy atom. The van der Waals surface area contributed by atoms with Gasteiger partial charge in [-0.2, -0.15) is 4.31 Å². The number of amides is 1. The average molecular weight is 449 g/mol. The monoisotopic (exact) mass is 448 g/mol. The Morgan fingerprint density at radius 2 is 1.68 bits per heavy atom. The van der Waals surface area contributed by atoms with Crippen molar-refractivity contribution in [2.45, 2.75) is 25.3 Å². The largest absolute Gasteiger partial charge is 0.506 e. The van der Waals surface area contributed by atoms with E-state index in [0.717, 1.165) is 10.3 Å². The minimum Gasteiger partial charge on any atom is -0.506 e. The van der Waals surface area contributed by atoms with Gasteiger partial charge in [0.25, 0.3) is 5.56 Å². The highest BCUT2D eigenvalue weighted by atomic mass is 32.2. The van der Waals surface area contributed by atoms with Crippen molar-refractivity contribution >= 4 is 21.6 Å². The topological polar surface area (TPSA) is 103 Å². The molecule has 0 spiro atoms. The minimum absolute atomic E-state index is 0.00651. The van der Waals surface area contributed by atoms with Gasteiger partial charge in [-0.3, -0.25) is 9.59 Å². The maximum Gasteiger partial charge on any atom is 0.251 e. The normalized spacial score (nSPS) is 14.8.